The van der Waals surface area contributed by atoms with Crippen molar-refractivity contribution in [1.29, 1.82) is 0 Å². The fourth-order valence-electron chi connectivity index (χ4n) is 1.11. The maximum atomic E-state index is 10.7. The number of rotatable bonds is 4. The maximum Gasteiger partial charge on any atom is 0.187 e. The largest absolute Gasteiger partial charge is 0.319 e. The van der Waals surface area contributed by atoms with Gasteiger partial charge < -0.3 is 5.73 Å². The molecule has 2 N–H and O–H groups in total. The van der Waals surface area contributed by atoms with Crippen LogP contribution in [0, 0.1) is 6.42 Å². The number of thioether (sulfide) groups is 1. The van der Waals surface area contributed by atoms with Crippen molar-refractivity contribution < 1.29 is 4.79 Å². The molecular weight excluding hydrogens is 194 g/mol. The van der Waals surface area contributed by atoms with Gasteiger partial charge >= 0.3 is 0 Å². The molecule has 0 saturated carbocycles. The first-order valence-corrected chi connectivity index (χ1v) is 5.36. The van der Waals surface area contributed by atoms with Crippen LogP contribution in [-0.4, -0.2) is 10.5 Å². The topological polar surface area (TPSA) is 43.1 Å². The molecule has 0 saturated heterocycles. The first kappa shape index (κ1) is 11.3. The van der Waals surface area contributed by atoms with Gasteiger partial charge in [-0.05, 0) is 18.4 Å². The van der Waals surface area contributed by atoms with Gasteiger partial charge in [0.25, 0.3) is 0 Å². The third-order valence-corrected chi connectivity index (χ3v) is 2.53. The van der Waals surface area contributed by atoms with Crippen LogP contribution >= 0.6 is 11.8 Å². The van der Waals surface area contributed by atoms with Crippen molar-refractivity contribution in [2.24, 2.45) is 5.73 Å². The van der Waals surface area contributed by atoms with E-state index < -0.39 is 0 Å². The standard InChI is InChI=1S/C11H14NOS/c1-9(13)14-11(12)8-7-10-5-3-2-4-6-10/h2-6,8,11H,7,12H2,1H3. The summed E-state index contributed by atoms with van der Waals surface area (Å²) in [6.45, 7) is 1.53. The van der Waals surface area contributed by atoms with Gasteiger partial charge in [0, 0.05) is 6.92 Å². The van der Waals surface area contributed by atoms with Crippen LogP contribution in [0.1, 0.15) is 12.5 Å². The summed E-state index contributed by atoms with van der Waals surface area (Å²) in [6.07, 6.45) is 2.75. The van der Waals surface area contributed by atoms with Gasteiger partial charge in [0.05, 0.1) is 5.37 Å². The molecule has 0 fully saturated rings. The van der Waals surface area contributed by atoms with Crippen molar-refractivity contribution in [3.63, 3.8) is 0 Å². The number of hydrogen-bond donors (Lipinski definition) is 1. The Hall–Kier alpha value is -0.800. The van der Waals surface area contributed by atoms with Gasteiger partial charge in [-0.15, -0.1) is 0 Å². The molecule has 75 valence electrons. The molecule has 0 bridgehead atoms. The van der Waals surface area contributed by atoms with Gasteiger partial charge in [-0.1, -0.05) is 42.1 Å². The number of carbonyl (C=O) groups excluding carboxylic acids is 1. The summed E-state index contributed by atoms with van der Waals surface area (Å²) in [5, 5.41) is -0.144. The van der Waals surface area contributed by atoms with E-state index >= 15 is 0 Å². The van der Waals surface area contributed by atoms with E-state index in [0.29, 0.717) is 0 Å². The summed E-state index contributed by atoms with van der Waals surface area (Å²) in [6, 6.07) is 10.1. The zero-order chi connectivity index (χ0) is 10.4. The van der Waals surface area contributed by atoms with Crippen molar-refractivity contribution in [3.8, 4) is 0 Å². The Morgan fingerprint density at radius 2 is 2.14 bits per heavy atom. The van der Waals surface area contributed by atoms with Crippen LogP contribution in [0.25, 0.3) is 0 Å². The summed E-state index contributed by atoms with van der Waals surface area (Å²) < 4.78 is 0. The minimum Gasteiger partial charge on any atom is -0.319 e. The van der Waals surface area contributed by atoms with Crippen LogP contribution in [0.5, 0.6) is 0 Å². The molecule has 0 aromatic heterocycles. The first-order chi connectivity index (χ1) is 6.68. The third-order valence-electron chi connectivity index (χ3n) is 1.73. The van der Waals surface area contributed by atoms with Crippen LogP contribution in [-0.2, 0) is 11.2 Å². The Balaban J connectivity index is 2.30. The number of hydrogen-bond acceptors (Lipinski definition) is 3. The molecule has 0 aliphatic rings. The lowest BCUT2D eigenvalue weighted by atomic mass is 10.1. The molecule has 0 heterocycles. The molecule has 1 rings (SSSR count). The minimum atomic E-state index is -0.201. The molecule has 14 heavy (non-hydrogen) atoms. The normalized spacial score (nSPS) is 12.4. The van der Waals surface area contributed by atoms with Crippen LogP contribution in [0.15, 0.2) is 30.3 Å². The van der Waals surface area contributed by atoms with Crippen molar-refractivity contribution in [2.75, 3.05) is 0 Å². The Morgan fingerprint density at radius 3 is 2.71 bits per heavy atom. The molecule has 0 amide bonds. The van der Waals surface area contributed by atoms with Crippen molar-refractivity contribution >= 4 is 16.9 Å². The molecule has 1 aromatic carbocycles. The maximum absolute atomic E-state index is 10.7. The minimum absolute atomic E-state index is 0.0572. The molecule has 2 nitrogen and oxygen atoms in total. The van der Waals surface area contributed by atoms with Gasteiger partial charge in [0.1, 0.15) is 0 Å². The second kappa shape index (κ2) is 5.83. The lowest BCUT2D eigenvalue weighted by molar-refractivity contribution is -0.109. The van der Waals surface area contributed by atoms with E-state index in [1.807, 2.05) is 36.8 Å². The van der Waals surface area contributed by atoms with E-state index in [1.165, 1.54) is 12.5 Å². The summed E-state index contributed by atoms with van der Waals surface area (Å²) in [4.78, 5) is 10.7. The number of carbonyl (C=O) groups is 1. The van der Waals surface area contributed by atoms with Gasteiger partial charge in [-0.3, -0.25) is 4.79 Å². The average Bonchev–Trinajstić information content (AvgIpc) is 2.15. The Bertz CT molecular complexity index is 287. The first-order valence-electron chi connectivity index (χ1n) is 4.48. The molecule has 0 aliphatic carbocycles. The monoisotopic (exact) mass is 208 g/mol. The van der Waals surface area contributed by atoms with Crippen molar-refractivity contribution in [2.45, 2.75) is 18.7 Å². The van der Waals surface area contributed by atoms with E-state index in [2.05, 4.69) is 0 Å². The van der Waals surface area contributed by atoms with E-state index in [1.54, 1.807) is 0 Å². The molecule has 0 aliphatic heterocycles. The highest BCUT2D eigenvalue weighted by atomic mass is 32.2. The zero-order valence-corrected chi connectivity index (χ0v) is 8.96. The summed E-state index contributed by atoms with van der Waals surface area (Å²) in [7, 11) is 0. The van der Waals surface area contributed by atoms with Gasteiger partial charge in [0.2, 0.25) is 0 Å². The highest BCUT2D eigenvalue weighted by Gasteiger charge is 2.06. The van der Waals surface area contributed by atoms with Gasteiger partial charge in [-0.2, -0.15) is 0 Å². The molecule has 1 aromatic rings. The lowest BCUT2D eigenvalue weighted by Crippen LogP contribution is -2.18. The van der Waals surface area contributed by atoms with E-state index in [0.717, 1.165) is 18.2 Å². The number of benzene rings is 1. The average molecular weight is 208 g/mol. The third kappa shape index (κ3) is 4.44. The van der Waals surface area contributed by atoms with Gasteiger partial charge in [0.15, 0.2) is 5.12 Å². The summed E-state index contributed by atoms with van der Waals surface area (Å²) in [5.74, 6) is 0. The fourth-order valence-corrected chi connectivity index (χ4v) is 1.68. The van der Waals surface area contributed by atoms with Crippen LogP contribution in [0.4, 0.5) is 0 Å². The molecular formula is C11H14NOS. The van der Waals surface area contributed by atoms with E-state index in [-0.39, 0.29) is 10.5 Å². The van der Waals surface area contributed by atoms with Gasteiger partial charge in [-0.25, -0.2) is 0 Å². The second-order valence-corrected chi connectivity index (χ2v) is 4.35. The zero-order valence-electron chi connectivity index (χ0n) is 8.14. The van der Waals surface area contributed by atoms with Crippen LogP contribution in [0.3, 0.4) is 0 Å². The quantitative estimate of drug-likeness (QED) is 0.770. The molecule has 0 spiro atoms. The molecule has 1 unspecified atom stereocenters. The Kier molecular flexibility index (Phi) is 4.70. The van der Waals surface area contributed by atoms with E-state index in [4.69, 9.17) is 5.73 Å². The number of nitrogens with two attached hydrogens (primary N) is 1. The SMILES string of the molecule is CC(=O)SC(N)[CH]Cc1ccccc1. The lowest BCUT2D eigenvalue weighted by Gasteiger charge is -2.07. The van der Waals surface area contributed by atoms with Crippen molar-refractivity contribution in [1.82, 2.24) is 0 Å². The molecule has 3 heteroatoms. The highest BCUT2D eigenvalue weighted by molar-refractivity contribution is 8.14. The summed E-state index contributed by atoms with van der Waals surface area (Å²) >= 11 is 1.16. The van der Waals surface area contributed by atoms with Crippen LogP contribution in [0.2, 0.25) is 0 Å². The van der Waals surface area contributed by atoms with Crippen molar-refractivity contribution in [3.05, 3.63) is 42.3 Å². The molecule has 1 radical (unpaired) electrons. The highest BCUT2D eigenvalue weighted by Crippen LogP contribution is 2.12. The smallest absolute Gasteiger partial charge is 0.187 e. The Morgan fingerprint density at radius 1 is 1.50 bits per heavy atom. The fraction of sp³-hybridized carbons (Fsp3) is 0.273. The Labute approximate surface area is 88.9 Å². The predicted molar refractivity (Wildman–Crippen MR) is 60.7 cm³/mol. The van der Waals surface area contributed by atoms with Crippen LogP contribution < -0.4 is 5.73 Å². The van der Waals surface area contributed by atoms with E-state index in [9.17, 15) is 4.79 Å². The predicted octanol–water partition coefficient (Wildman–Crippen LogP) is 2.00. The second-order valence-electron chi connectivity index (χ2n) is 3.00. The summed E-state index contributed by atoms with van der Waals surface area (Å²) in [5.41, 5.74) is 6.92. The molecule has 1 atom stereocenters.